The molecule has 0 atom stereocenters. The van der Waals surface area contributed by atoms with Gasteiger partial charge in [0.05, 0.1) is 5.69 Å². The van der Waals surface area contributed by atoms with Crippen LogP contribution in [0.5, 0.6) is 0 Å². The van der Waals surface area contributed by atoms with Crippen LogP contribution in [-0.2, 0) is 6.18 Å². The van der Waals surface area contributed by atoms with Crippen molar-refractivity contribution in [3.8, 4) is 11.8 Å². The molecule has 0 aliphatic rings. The van der Waals surface area contributed by atoms with E-state index in [1.54, 1.807) is 44.2 Å². The summed E-state index contributed by atoms with van der Waals surface area (Å²) >= 11 is 0. The Morgan fingerprint density at radius 3 is 2.25 bits per heavy atom. The minimum atomic E-state index is -4.58. The molecule has 0 saturated heterocycles. The Bertz CT molecular complexity index is 649. The van der Waals surface area contributed by atoms with Crippen LogP contribution < -0.4 is 0 Å². The summed E-state index contributed by atoms with van der Waals surface area (Å²) in [6.45, 7) is 3.23. The third kappa shape index (κ3) is 2.39. The highest BCUT2D eigenvalue weighted by molar-refractivity contribution is 5.45. The van der Waals surface area contributed by atoms with E-state index in [1.807, 2.05) is 6.07 Å². The predicted molar refractivity (Wildman–Crippen MR) is 67.4 cm³/mol. The maximum atomic E-state index is 13.1. The second-order valence-corrected chi connectivity index (χ2v) is 4.62. The predicted octanol–water partition coefficient (Wildman–Crippen LogP) is 3.89. The van der Waals surface area contributed by atoms with Crippen molar-refractivity contribution in [1.29, 1.82) is 5.26 Å². The van der Waals surface area contributed by atoms with Crippen LogP contribution in [0.3, 0.4) is 0 Å². The average Bonchev–Trinajstić information content (AvgIpc) is 2.79. The van der Waals surface area contributed by atoms with E-state index in [0.717, 1.165) is 4.68 Å². The zero-order valence-electron chi connectivity index (χ0n) is 10.9. The Morgan fingerprint density at radius 1 is 1.20 bits per heavy atom. The number of nitrogens with zero attached hydrogens (tertiary/aromatic N) is 3. The minimum Gasteiger partial charge on any atom is -0.222 e. The molecule has 0 aliphatic heterocycles. The molecule has 2 aromatic rings. The second-order valence-electron chi connectivity index (χ2n) is 4.62. The van der Waals surface area contributed by atoms with Gasteiger partial charge in [-0.3, -0.25) is 0 Å². The van der Waals surface area contributed by atoms with E-state index in [1.165, 1.54) is 0 Å². The Morgan fingerprint density at radius 2 is 1.80 bits per heavy atom. The van der Waals surface area contributed by atoms with Crippen LogP contribution in [0, 0.1) is 11.3 Å². The van der Waals surface area contributed by atoms with E-state index in [0.29, 0.717) is 5.69 Å². The molecule has 0 unspecified atom stereocenters. The molecule has 104 valence electrons. The number of aromatic nitrogens is 2. The highest BCUT2D eigenvalue weighted by Gasteiger charge is 2.40. The summed E-state index contributed by atoms with van der Waals surface area (Å²) in [5.74, 6) is -0.446. The Labute approximate surface area is 114 Å². The molecule has 0 N–H and O–H groups in total. The summed E-state index contributed by atoms with van der Waals surface area (Å²) in [6.07, 6.45) is -4.58. The van der Waals surface area contributed by atoms with Gasteiger partial charge in [0.25, 0.3) is 0 Å². The van der Waals surface area contributed by atoms with Crippen molar-refractivity contribution >= 4 is 0 Å². The smallest absolute Gasteiger partial charge is 0.222 e. The standard InChI is InChI=1S/C14H12F3N3/c1-9(2)12-11(8-18)20(10-6-4-3-5-7-10)19-13(12)14(15,16)17/h3-7,9H,1-2H3. The lowest BCUT2D eigenvalue weighted by Crippen LogP contribution is -2.10. The van der Waals surface area contributed by atoms with Crippen molar-refractivity contribution in [3.63, 3.8) is 0 Å². The third-order valence-electron chi connectivity index (χ3n) is 2.87. The molecule has 0 fully saturated rings. The lowest BCUT2D eigenvalue weighted by Gasteiger charge is -2.08. The van der Waals surface area contributed by atoms with Gasteiger partial charge in [-0.2, -0.15) is 23.5 Å². The van der Waals surface area contributed by atoms with Crippen LogP contribution in [0.1, 0.15) is 36.7 Å². The molecule has 20 heavy (non-hydrogen) atoms. The van der Waals surface area contributed by atoms with Gasteiger partial charge >= 0.3 is 6.18 Å². The van der Waals surface area contributed by atoms with Gasteiger partial charge in [0, 0.05) is 5.56 Å². The molecule has 0 bridgehead atoms. The van der Waals surface area contributed by atoms with E-state index in [9.17, 15) is 18.4 Å². The quantitative estimate of drug-likeness (QED) is 0.837. The van der Waals surface area contributed by atoms with Crippen LogP contribution >= 0.6 is 0 Å². The summed E-state index contributed by atoms with van der Waals surface area (Å²) < 4.78 is 40.3. The van der Waals surface area contributed by atoms with Crippen molar-refractivity contribution < 1.29 is 13.2 Å². The minimum absolute atomic E-state index is 0.0659. The van der Waals surface area contributed by atoms with Crippen molar-refractivity contribution in [1.82, 2.24) is 9.78 Å². The van der Waals surface area contributed by atoms with Gasteiger partial charge in [0.15, 0.2) is 5.69 Å². The summed E-state index contributed by atoms with van der Waals surface area (Å²) in [5, 5.41) is 12.8. The van der Waals surface area contributed by atoms with Gasteiger partial charge in [-0.1, -0.05) is 32.0 Å². The lowest BCUT2D eigenvalue weighted by atomic mass is 10.0. The van der Waals surface area contributed by atoms with Crippen LogP contribution in [0.25, 0.3) is 5.69 Å². The number of rotatable bonds is 2. The molecular formula is C14H12F3N3. The molecule has 0 spiro atoms. The van der Waals surface area contributed by atoms with Gasteiger partial charge in [-0.25, -0.2) is 4.68 Å². The van der Waals surface area contributed by atoms with Crippen LogP contribution in [0.15, 0.2) is 30.3 Å². The van der Waals surface area contributed by atoms with Crippen molar-refractivity contribution in [3.05, 3.63) is 47.3 Å². The Hall–Kier alpha value is -2.29. The topological polar surface area (TPSA) is 41.6 Å². The number of alkyl halides is 3. The number of nitriles is 1. The van der Waals surface area contributed by atoms with E-state index in [-0.39, 0.29) is 11.3 Å². The molecule has 0 amide bonds. The highest BCUT2D eigenvalue weighted by atomic mass is 19.4. The lowest BCUT2D eigenvalue weighted by molar-refractivity contribution is -0.142. The molecule has 1 aromatic carbocycles. The molecule has 6 heteroatoms. The molecule has 0 radical (unpaired) electrons. The maximum Gasteiger partial charge on any atom is 0.435 e. The summed E-state index contributed by atoms with van der Waals surface area (Å²) in [5.41, 5.74) is -0.697. The summed E-state index contributed by atoms with van der Waals surface area (Å²) in [4.78, 5) is 0. The molecule has 0 aliphatic carbocycles. The largest absolute Gasteiger partial charge is 0.435 e. The van der Waals surface area contributed by atoms with E-state index in [4.69, 9.17) is 0 Å². The monoisotopic (exact) mass is 279 g/mol. The van der Waals surface area contributed by atoms with Crippen LogP contribution in [-0.4, -0.2) is 9.78 Å². The Kier molecular flexibility index (Phi) is 3.53. The fraction of sp³-hybridized carbons (Fsp3) is 0.286. The third-order valence-corrected chi connectivity index (χ3v) is 2.87. The van der Waals surface area contributed by atoms with E-state index < -0.39 is 17.8 Å². The van der Waals surface area contributed by atoms with Gasteiger partial charge in [0.2, 0.25) is 0 Å². The van der Waals surface area contributed by atoms with Crippen LogP contribution in [0.4, 0.5) is 13.2 Å². The molecule has 1 aromatic heterocycles. The van der Waals surface area contributed by atoms with Gasteiger partial charge in [0.1, 0.15) is 11.8 Å². The van der Waals surface area contributed by atoms with E-state index in [2.05, 4.69) is 5.10 Å². The van der Waals surface area contributed by atoms with Crippen LogP contribution in [0.2, 0.25) is 0 Å². The number of hydrogen-bond donors (Lipinski definition) is 0. The molecule has 1 heterocycles. The normalized spacial score (nSPS) is 11.7. The molecule has 0 saturated carbocycles. The first-order chi connectivity index (χ1) is 9.36. The molecule has 3 nitrogen and oxygen atoms in total. The zero-order chi connectivity index (χ0) is 14.9. The van der Waals surface area contributed by atoms with Crippen molar-refractivity contribution in [2.24, 2.45) is 0 Å². The Balaban J connectivity index is 2.76. The number of benzene rings is 1. The zero-order valence-corrected chi connectivity index (χ0v) is 10.9. The first-order valence-corrected chi connectivity index (χ1v) is 6.02. The van der Waals surface area contributed by atoms with Crippen molar-refractivity contribution in [2.75, 3.05) is 0 Å². The first kappa shape index (κ1) is 14.1. The molecular weight excluding hydrogens is 267 g/mol. The SMILES string of the molecule is CC(C)c1c(C(F)(F)F)nn(-c2ccccc2)c1C#N. The van der Waals surface area contributed by atoms with Gasteiger partial charge in [-0.15, -0.1) is 0 Å². The summed E-state index contributed by atoms with van der Waals surface area (Å²) in [7, 11) is 0. The van der Waals surface area contributed by atoms with E-state index >= 15 is 0 Å². The first-order valence-electron chi connectivity index (χ1n) is 6.02. The molecule has 2 rings (SSSR count). The fourth-order valence-electron chi connectivity index (χ4n) is 2.05. The summed E-state index contributed by atoms with van der Waals surface area (Å²) in [6, 6.07) is 10.2. The average molecular weight is 279 g/mol. The second kappa shape index (κ2) is 5.00. The fourth-order valence-corrected chi connectivity index (χ4v) is 2.05. The van der Waals surface area contributed by atoms with Gasteiger partial charge < -0.3 is 0 Å². The number of para-hydroxylation sites is 1. The van der Waals surface area contributed by atoms with Gasteiger partial charge in [-0.05, 0) is 18.1 Å². The van der Waals surface area contributed by atoms with Crippen molar-refractivity contribution in [2.45, 2.75) is 25.9 Å². The number of hydrogen-bond acceptors (Lipinski definition) is 2. The highest BCUT2D eigenvalue weighted by Crippen LogP contribution is 2.36. The number of halogens is 3. The maximum absolute atomic E-state index is 13.1.